The van der Waals surface area contributed by atoms with Crippen LogP contribution in [0.1, 0.15) is 59.0 Å². The number of halogens is 2. The van der Waals surface area contributed by atoms with E-state index in [0.29, 0.717) is 16.5 Å². The highest BCUT2D eigenvalue weighted by Crippen LogP contribution is 2.43. The van der Waals surface area contributed by atoms with Gasteiger partial charge in [0.25, 0.3) is 11.8 Å². The number of carbonyl (C=O) groups excluding carboxylic acids is 6. The summed E-state index contributed by atoms with van der Waals surface area (Å²) < 4.78 is 34.0. The van der Waals surface area contributed by atoms with Crippen LogP contribution in [0.25, 0.3) is 33.4 Å². The summed E-state index contributed by atoms with van der Waals surface area (Å²) in [6.07, 6.45) is 0.733. The van der Waals surface area contributed by atoms with Crippen LogP contribution in [0.3, 0.4) is 0 Å². The lowest BCUT2D eigenvalue weighted by Crippen LogP contribution is -2.49. The number of carboxylic acids is 2. The van der Waals surface area contributed by atoms with Gasteiger partial charge in [-0.25, -0.2) is 23.3 Å². The molecule has 0 spiro atoms. The first-order chi connectivity index (χ1) is 33.2. The monoisotopic (exact) mass is 983 g/mol. The molecule has 1 aromatic heterocycles. The number of nitrogens with zero attached hydrogens (tertiary/aromatic N) is 4. The summed E-state index contributed by atoms with van der Waals surface area (Å²) in [6.45, 7) is 0.352. The average molecular weight is 984 g/mol. The Balaban J connectivity index is 0.917. The van der Waals surface area contributed by atoms with Gasteiger partial charge in [-0.05, 0) is 61.0 Å². The van der Waals surface area contributed by atoms with Crippen LogP contribution in [-0.4, -0.2) is 127 Å². The number of carboxylic acid groups (broad SMARTS) is 2. The lowest BCUT2D eigenvalue weighted by molar-refractivity contribution is -0.141. The lowest BCUT2D eigenvalue weighted by Gasteiger charge is -2.25. The zero-order valence-electron chi connectivity index (χ0n) is 37.1. The van der Waals surface area contributed by atoms with Crippen molar-refractivity contribution in [1.82, 2.24) is 25.8 Å². The van der Waals surface area contributed by atoms with Gasteiger partial charge in [0, 0.05) is 85.1 Å². The number of phenolic OH excluding ortho intramolecular Hbond substituents is 1. The SMILES string of the molecule is C/N=C/[C@@H]1CC(F)(F)CN1C(=O)[C@@H](C)NC(=O)c1ccnc(CNC(=O)CCC(=O)NC(CSC2CC(=O)N(c3ccc(-c4c5ccc(=O)cc-5oc5cc(O)ccc45)c(C(=O)O)c3)C2=O)C(=O)O)c1. The zero-order valence-corrected chi connectivity index (χ0v) is 38.0. The van der Waals surface area contributed by atoms with E-state index in [1.54, 1.807) is 0 Å². The highest BCUT2D eigenvalue weighted by atomic mass is 32.2. The maximum atomic E-state index is 14.1. The van der Waals surface area contributed by atoms with Gasteiger partial charge in [-0.3, -0.25) is 43.5 Å². The van der Waals surface area contributed by atoms with Gasteiger partial charge in [-0.1, -0.05) is 6.07 Å². The number of rotatable bonds is 17. The van der Waals surface area contributed by atoms with Crippen LogP contribution >= 0.6 is 11.8 Å². The van der Waals surface area contributed by atoms with E-state index < -0.39 is 96.1 Å². The van der Waals surface area contributed by atoms with Gasteiger partial charge in [0.05, 0.1) is 41.3 Å². The molecule has 6 N–H and O–H groups in total. The maximum absolute atomic E-state index is 14.1. The Bertz CT molecular complexity index is 3020. The molecule has 3 aliphatic heterocycles. The molecule has 3 aromatic rings. The number of amides is 6. The fourth-order valence-corrected chi connectivity index (χ4v) is 9.24. The number of alkyl halides is 2. The molecule has 20 nitrogen and oxygen atoms in total. The minimum absolute atomic E-state index is 0.0567. The zero-order chi connectivity index (χ0) is 50.6. The third kappa shape index (κ3) is 11.1. The Hall–Kier alpha value is -8.08. The van der Waals surface area contributed by atoms with Gasteiger partial charge in [0.2, 0.25) is 29.5 Å². The summed E-state index contributed by atoms with van der Waals surface area (Å²) in [6, 6.07) is 11.1. The van der Waals surface area contributed by atoms with Crippen LogP contribution in [0.5, 0.6) is 5.75 Å². The van der Waals surface area contributed by atoms with E-state index in [4.69, 9.17) is 4.42 Å². The van der Waals surface area contributed by atoms with Crippen molar-refractivity contribution in [3.05, 3.63) is 100.0 Å². The predicted octanol–water partition coefficient (Wildman–Crippen LogP) is 3.45. The number of carbonyl (C=O) groups is 8. The third-order valence-corrected chi connectivity index (χ3v) is 12.7. The number of phenols is 1. The van der Waals surface area contributed by atoms with Crippen LogP contribution in [-0.2, 0) is 35.3 Å². The maximum Gasteiger partial charge on any atom is 0.336 e. The largest absolute Gasteiger partial charge is 0.508 e. The van der Waals surface area contributed by atoms with E-state index in [0.717, 1.165) is 27.6 Å². The highest BCUT2D eigenvalue weighted by molar-refractivity contribution is 8.00. The average Bonchev–Trinajstić information content (AvgIpc) is 3.78. The number of imide groups is 1. The van der Waals surface area contributed by atoms with Crippen LogP contribution in [0.4, 0.5) is 14.5 Å². The molecule has 2 fully saturated rings. The molecule has 4 atom stereocenters. The van der Waals surface area contributed by atoms with Gasteiger partial charge < -0.3 is 40.6 Å². The number of anilines is 1. The minimum Gasteiger partial charge on any atom is -0.508 e. The molecule has 6 amide bonds. The van der Waals surface area contributed by atoms with E-state index in [2.05, 4.69) is 25.9 Å². The molecule has 0 bridgehead atoms. The van der Waals surface area contributed by atoms with Gasteiger partial charge in [0.1, 0.15) is 29.2 Å². The summed E-state index contributed by atoms with van der Waals surface area (Å²) in [7, 11) is 1.40. The van der Waals surface area contributed by atoms with Crippen LogP contribution in [0.2, 0.25) is 0 Å². The normalized spacial score (nSPS) is 17.5. The second-order valence-corrected chi connectivity index (χ2v) is 17.6. The van der Waals surface area contributed by atoms with Gasteiger partial charge in [-0.2, -0.15) is 0 Å². The summed E-state index contributed by atoms with van der Waals surface area (Å²) in [5, 5.41) is 37.0. The molecular formula is C47H43F2N7O13S. The molecule has 2 saturated heterocycles. The number of aromatic hydroxyl groups is 1. The van der Waals surface area contributed by atoms with E-state index in [1.165, 1.54) is 87.0 Å². The number of aliphatic carboxylic acids is 1. The molecule has 2 unspecified atom stereocenters. The van der Waals surface area contributed by atoms with Crippen molar-refractivity contribution in [3.8, 4) is 28.2 Å². The van der Waals surface area contributed by atoms with Crippen molar-refractivity contribution >= 4 is 82.0 Å². The number of thioether (sulfide) groups is 1. The standard InChI is InChI=1S/C47H43F2N7O13S/c1-23(43(63)55-22-47(48,49)18-27(55)20-50-2)53-42(62)24-11-12-51-25(13-24)19-52-38(59)9-10-39(60)54-34(46(67)68)21-70-37-17-40(61)56(44(37)64)26-3-6-30(33(14-26)45(65)66)41-31-7-4-28(57)15-35(31)69-36-16-29(58)5-8-32(36)41/h3-8,11-16,20,23,27,34,37,57H,9-10,17-19,21-22H2,1-2H3,(H,52,59)(H,53,62)(H,54,60)(H,65,66)(H,67,68)/b50-20+/t23-,27+,34?,37?/m1/s1. The lowest BCUT2D eigenvalue weighted by atomic mass is 9.90. The molecular weight excluding hydrogens is 941 g/mol. The van der Waals surface area contributed by atoms with E-state index in [1.807, 2.05) is 0 Å². The van der Waals surface area contributed by atoms with Crippen LogP contribution < -0.4 is 26.3 Å². The Kier molecular flexibility index (Phi) is 14.7. The first-order valence-corrected chi connectivity index (χ1v) is 22.5. The number of aliphatic imine (C=N–C) groups is 1. The number of fused-ring (bicyclic) bond motifs is 2. The van der Waals surface area contributed by atoms with Crippen LogP contribution in [0.15, 0.2) is 87.1 Å². The summed E-state index contributed by atoms with van der Waals surface area (Å²) in [4.78, 5) is 125. The molecule has 4 aliphatic rings. The van der Waals surface area contributed by atoms with Crippen molar-refractivity contribution in [3.63, 3.8) is 0 Å². The second-order valence-electron chi connectivity index (χ2n) is 16.4. The fraction of sp³-hybridized carbons (Fsp3) is 0.298. The smallest absolute Gasteiger partial charge is 0.336 e. The number of hydrogen-bond acceptors (Lipinski definition) is 14. The molecule has 364 valence electrons. The third-order valence-electron chi connectivity index (χ3n) is 11.4. The Morgan fingerprint density at radius 1 is 0.957 bits per heavy atom. The van der Waals surface area contributed by atoms with Crippen LogP contribution in [0, 0.1) is 0 Å². The summed E-state index contributed by atoms with van der Waals surface area (Å²) >= 11 is 0.788. The van der Waals surface area contributed by atoms with Gasteiger partial charge >= 0.3 is 11.9 Å². The number of nitrogens with one attached hydrogen (secondary N) is 3. The number of hydrogen-bond donors (Lipinski definition) is 6. The van der Waals surface area contributed by atoms with E-state index in [9.17, 15) is 67.3 Å². The van der Waals surface area contributed by atoms with Crippen molar-refractivity contribution in [2.24, 2.45) is 4.99 Å². The van der Waals surface area contributed by atoms with E-state index >= 15 is 0 Å². The Morgan fingerprint density at radius 2 is 1.70 bits per heavy atom. The van der Waals surface area contributed by atoms with E-state index in [-0.39, 0.29) is 75.7 Å². The van der Waals surface area contributed by atoms with Gasteiger partial charge in [-0.15, -0.1) is 11.8 Å². The molecule has 7 rings (SSSR count). The number of likely N-dealkylation sites (tertiary alicyclic amines) is 1. The Morgan fingerprint density at radius 3 is 2.43 bits per heavy atom. The second kappa shape index (κ2) is 20.6. The first kappa shape index (κ1) is 49.8. The molecule has 23 heteroatoms. The predicted molar refractivity (Wildman–Crippen MR) is 248 cm³/mol. The molecule has 1 aliphatic carbocycles. The van der Waals surface area contributed by atoms with Crippen molar-refractivity contribution in [2.45, 2.75) is 68.4 Å². The quantitative estimate of drug-likeness (QED) is 0.0442. The number of pyridine rings is 1. The van der Waals surface area contributed by atoms with Crippen molar-refractivity contribution < 1.29 is 66.9 Å². The summed E-state index contributed by atoms with van der Waals surface area (Å²) in [5.41, 5.74) is 0.530. The summed E-state index contributed by atoms with van der Waals surface area (Å²) in [5.74, 6) is -10.7. The molecule has 0 radical (unpaired) electrons. The minimum atomic E-state index is -3.11. The highest BCUT2D eigenvalue weighted by Gasteiger charge is 2.47. The van der Waals surface area contributed by atoms with Crippen molar-refractivity contribution in [2.75, 3.05) is 24.2 Å². The molecule has 4 heterocycles. The van der Waals surface area contributed by atoms with Crippen molar-refractivity contribution in [1.29, 1.82) is 0 Å². The number of aromatic nitrogens is 1. The molecule has 70 heavy (non-hydrogen) atoms. The van der Waals surface area contributed by atoms with Gasteiger partial charge in [0.15, 0.2) is 5.43 Å². The Labute approximate surface area is 399 Å². The number of benzene rings is 3. The molecule has 0 saturated carbocycles. The topological polar surface area (TPSA) is 295 Å². The number of aromatic carboxylic acids is 1. The fourth-order valence-electron chi connectivity index (χ4n) is 8.08. The first-order valence-electron chi connectivity index (χ1n) is 21.4. The molecule has 2 aromatic carbocycles.